The fourth-order valence-corrected chi connectivity index (χ4v) is 3.17. The van der Waals surface area contributed by atoms with Gasteiger partial charge in [0.1, 0.15) is 5.01 Å². The second kappa shape index (κ2) is 4.93. The van der Waals surface area contributed by atoms with Gasteiger partial charge in [-0.25, -0.2) is 8.42 Å². The molecule has 0 radical (unpaired) electrons. The first-order chi connectivity index (χ1) is 9.98. The van der Waals surface area contributed by atoms with Gasteiger partial charge in [-0.15, -0.1) is 10.2 Å². The normalized spacial score (nSPS) is 11.7. The zero-order valence-corrected chi connectivity index (χ0v) is 12.6. The minimum absolute atomic E-state index is 0.454. The molecule has 0 fully saturated rings. The Hall–Kier alpha value is -2.26. The van der Waals surface area contributed by atoms with Gasteiger partial charge < -0.3 is 0 Å². The molecule has 2 aromatic heterocycles. The van der Waals surface area contributed by atoms with E-state index >= 15 is 0 Å². The minimum Gasteiger partial charge on any atom is -0.280 e. The molecule has 2 heterocycles. The average Bonchev–Trinajstić information content (AvgIpc) is 3.01. The summed E-state index contributed by atoms with van der Waals surface area (Å²) in [7, 11) is -3.52. The van der Waals surface area contributed by atoms with Crippen molar-refractivity contribution in [2.45, 2.75) is 6.92 Å². The summed E-state index contributed by atoms with van der Waals surface area (Å²) in [5, 5.41) is 13.9. The van der Waals surface area contributed by atoms with Crippen molar-refractivity contribution in [3.63, 3.8) is 0 Å². The first-order valence-corrected chi connectivity index (χ1v) is 8.29. The standard InChI is InChI=1S/C12H11N5O2S2/c1-3-21(18,19)16-10-6-4-5-9(7-10)11-15-17-8(2)13-14-12(17)20-11/h3-7,16H,1H2,2H3. The predicted octanol–water partition coefficient (Wildman–Crippen LogP) is 2.05. The lowest BCUT2D eigenvalue weighted by molar-refractivity contribution is 0.609. The van der Waals surface area contributed by atoms with Crippen LogP contribution >= 0.6 is 11.3 Å². The largest absolute Gasteiger partial charge is 0.280 e. The SMILES string of the molecule is C=CS(=O)(=O)Nc1cccc(-c2nn3c(C)nnc3s2)c1. The fourth-order valence-electron chi connectivity index (χ4n) is 1.75. The molecule has 0 saturated carbocycles. The Kier molecular flexibility index (Phi) is 3.22. The lowest BCUT2D eigenvalue weighted by Crippen LogP contribution is -2.08. The van der Waals surface area contributed by atoms with Gasteiger partial charge >= 0.3 is 0 Å². The molecule has 7 nitrogen and oxygen atoms in total. The second-order valence-corrected chi connectivity index (χ2v) is 6.83. The van der Waals surface area contributed by atoms with E-state index in [4.69, 9.17) is 0 Å². The Labute approximate surface area is 125 Å². The molecule has 108 valence electrons. The average molecular weight is 321 g/mol. The van der Waals surface area contributed by atoms with Crippen LogP contribution in [0.2, 0.25) is 0 Å². The van der Waals surface area contributed by atoms with E-state index in [9.17, 15) is 8.42 Å². The third kappa shape index (κ3) is 2.65. The Morgan fingerprint density at radius 2 is 2.19 bits per heavy atom. The summed E-state index contributed by atoms with van der Waals surface area (Å²) in [6.07, 6.45) is 0. The monoisotopic (exact) mass is 321 g/mol. The maximum Gasteiger partial charge on any atom is 0.254 e. The van der Waals surface area contributed by atoms with Crippen molar-refractivity contribution in [3.05, 3.63) is 42.1 Å². The molecule has 0 saturated heterocycles. The highest BCUT2D eigenvalue weighted by Gasteiger charge is 2.11. The summed E-state index contributed by atoms with van der Waals surface area (Å²) < 4.78 is 27.1. The van der Waals surface area contributed by atoms with Crippen molar-refractivity contribution in [2.75, 3.05) is 4.72 Å². The molecule has 0 atom stereocenters. The molecule has 0 spiro atoms. The van der Waals surface area contributed by atoms with Crippen LogP contribution in [0.1, 0.15) is 5.82 Å². The van der Waals surface area contributed by atoms with Crippen molar-refractivity contribution in [1.29, 1.82) is 0 Å². The summed E-state index contributed by atoms with van der Waals surface area (Å²) in [6.45, 7) is 5.08. The molecule has 3 rings (SSSR count). The van der Waals surface area contributed by atoms with Crippen LogP contribution in [0.25, 0.3) is 15.5 Å². The number of nitrogens with one attached hydrogen (secondary N) is 1. The molecule has 0 amide bonds. The topological polar surface area (TPSA) is 89.2 Å². The fraction of sp³-hybridized carbons (Fsp3) is 0.0833. The van der Waals surface area contributed by atoms with Crippen LogP contribution in [0.4, 0.5) is 5.69 Å². The van der Waals surface area contributed by atoms with Gasteiger partial charge in [0.15, 0.2) is 5.82 Å². The Morgan fingerprint density at radius 1 is 1.38 bits per heavy atom. The molecule has 0 unspecified atom stereocenters. The molecule has 0 aliphatic heterocycles. The third-order valence-corrected chi connectivity index (χ3v) is 4.64. The third-order valence-electron chi connectivity index (χ3n) is 2.74. The second-order valence-electron chi connectivity index (χ2n) is 4.24. The van der Waals surface area contributed by atoms with Crippen LogP contribution in [0.5, 0.6) is 0 Å². The number of benzene rings is 1. The van der Waals surface area contributed by atoms with Crippen LogP contribution < -0.4 is 4.72 Å². The Balaban J connectivity index is 2.00. The van der Waals surface area contributed by atoms with Crippen molar-refractivity contribution < 1.29 is 8.42 Å². The van der Waals surface area contributed by atoms with Crippen LogP contribution in [0, 0.1) is 6.92 Å². The molecule has 1 aromatic carbocycles. The zero-order chi connectivity index (χ0) is 15.0. The minimum atomic E-state index is -3.52. The molecule has 1 N–H and O–H groups in total. The zero-order valence-electron chi connectivity index (χ0n) is 11.0. The number of hydrogen-bond donors (Lipinski definition) is 1. The quantitative estimate of drug-likeness (QED) is 0.794. The maximum absolute atomic E-state index is 11.5. The van der Waals surface area contributed by atoms with Crippen molar-refractivity contribution in [2.24, 2.45) is 0 Å². The van der Waals surface area contributed by atoms with Gasteiger partial charge in [-0.3, -0.25) is 4.72 Å². The lowest BCUT2D eigenvalue weighted by Gasteiger charge is -2.05. The van der Waals surface area contributed by atoms with Gasteiger partial charge in [0, 0.05) is 16.7 Å². The number of rotatable bonds is 4. The molecule has 21 heavy (non-hydrogen) atoms. The van der Waals surface area contributed by atoms with Crippen molar-refractivity contribution in [3.8, 4) is 10.6 Å². The van der Waals surface area contributed by atoms with E-state index in [1.807, 2.05) is 13.0 Å². The Bertz CT molecular complexity index is 926. The first-order valence-electron chi connectivity index (χ1n) is 5.93. The summed E-state index contributed by atoms with van der Waals surface area (Å²) in [4.78, 5) is 0.694. The number of aromatic nitrogens is 4. The molecular weight excluding hydrogens is 310 g/mol. The van der Waals surface area contributed by atoms with E-state index in [-0.39, 0.29) is 0 Å². The van der Waals surface area contributed by atoms with Crippen LogP contribution in [0.15, 0.2) is 36.3 Å². The van der Waals surface area contributed by atoms with Gasteiger partial charge in [-0.05, 0) is 19.1 Å². The highest BCUT2D eigenvalue weighted by molar-refractivity contribution is 7.95. The van der Waals surface area contributed by atoms with E-state index in [2.05, 4.69) is 26.6 Å². The summed E-state index contributed by atoms with van der Waals surface area (Å²) in [6, 6.07) is 6.98. The highest BCUT2D eigenvalue weighted by atomic mass is 32.2. The molecule has 0 aliphatic carbocycles. The van der Waals surface area contributed by atoms with Crippen LogP contribution in [-0.4, -0.2) is 28.2 Å². The molecule has 0 aliphatic rings. The Morgan fingerprint density at radius 3 is 2.90 bits per heavy atom. The van der Waals surface area contributed by atoms with E-state index in [0.29, 0.717) is 16.5 Å². The summed E-state index contributed by atoms with van der Waals surface area (Å²) >= 11 is 1.38. The predicted molar refractivity (Wildman–Crippen MR) is 81.6 cm³/mol. The van der Waals surface area contributed by atoms with Crippen LogP contribution in [0.3, 0.4) is 0 Å². The van der Waals surface area contributed by atoms with E-state index in [1.54, 1.807) is 22.7 Å². The summed E-state index contributed by atoms with van der Waals surface area (Å²) in [5.74, 6) is 0.705. The molecular formula is C12H11N5O2S2. The van der Waals surface area contributed by atoms with Crippen LogP contribution in [-0.2, 0) is 10.0 Å². The molecule has 3 aromatic rings. The van der Waals surface area contributed by atoms with Crippen molar-refractivity contribution >= 4 is 32.0 Å². The lowest BCUT2D eigenvalue weighted by atomic mass is 10.2. The van der Waals surface area contributed by atoms with Gasteiger partial charge in [0.2, 0.25) is 4.96 Å². The number of hydrogen-bond acceptors (Lipinski definition) is 6. The van der Waals surface area contributed by atoms with Gasteiger partial charge in [0.25, 0.3) is 10.0 Å². The molecule has 9 heteroatoms. The first kappa shape index (κ1) is 13.7. The smallest absolute Gasteiger partial charge is 0.254 e. The molecule has 0 bridgehead atoms. The number of fused-ring (bicyclic) bond motifs is 1. The number of anilines is 1. The maximum atomic E-state index is 11.5. The van der Waals surface area contributed by atoms with Gasteiger partial charge in [-0.2, -0.15) is 9.61 Å². The van der Waals surface area contributed by atoms with E-state index < -0.39 is 10.0 Å². The highest BCUT2D eigenvalue weighted by Crippen LogP contribution is 2.27. The number of aryl methyl sites for hydroxylation is 1. The van der Waals surface area contributed by atoms with Gasteiger partial charge in [-0.1, -0.05) is 30.0 Å². The van der Waals surface area contributed by atoms with E-state index in [1.165, 1.54) is 11.3 Å². The van der Waals surface area contributed by atoms with Crippen molar-refractivity contribution in [1.82, 2.24) is 19.8 Å². The number of nitrogens with zero attached hydrogens (tertiary/aromatic N) is 4. The van der Waals surface area contributed by atoms with E-state index in [0.717, 1.165) is 16.0 Å². The number of sulfonamides is 1. The van der Waals surface area contributed by atoms with Gasteiger partial charge in [0.05, 0.1) is 0 Å². The summed E-state index contributed by atoms with van der Waals surface area (Å²) in [5.41, 5.74) is 1.25.